The quantitative estimate of drug-likeness (QED) is 0.0877. The molecule has 3 N–H and O–H groups in total. The van der Waals surface area contributed by atoms with Gasteiger partial charge >= 0.3 is 0 Å². The zero-order chi connectivity index (χ0) is 26.5. The molecule has 1 amide bonds. The van der Waals surface area contributed by atoms with Crippen LogP contribution >= 0.6 is 0 Å². The van der Waals surface area contributed by atoms with Gasteiger partial charge in [0.25, 0.3) is 0 Å². The fourth-order valence-corrected chi connectivity index (χ4v) is 5.06. The van der Waals surface area contributed by atoms with Crippen LogP contribution in [0.3, 0.4) is 0 Å². The van der Waals surface area contributed by atoms with E-state index in [9.17, 15) is 15.0 Å². The van der Waals surface area contributed by atoms with Gasteiger partial charge in [0, 0.05) is 6.42 Å². The van der Waals surface area contributed by atoms with Crippen molar-refractivity contribution in [2.75, 3.05) is 6.61 Å². The van der Waals surface area contributed by atoms with Gasteiger partial charge in [-0.3, -0.25) is 4.79 Å². The van der Waals surface area contributed by atoms with Crippen molar-refractivity contribution in [2.24, 2.45) is 0 Å². The predicted molar refractivity (Wildman–Crippen MR) is 156 cm³/mol. The molecule has 2 atom stereocenters. The minimum absolute atomic E-state index is 0.0347. The van der Waals surface area contributed by atoms with E-state index in [2.05, 4.69) is 19.2 Å². The normalized spacial score (nSPS) is 13.1. The third-order valence-corrected chi connectivity index (χ3v) is 7.62. The molecule has 0 bridgehead atoms. The molecule has 0 aliphatic heterocycles. The summed E-state index contributed by atoms with van der Waals surface area (Å²) in [6.45, 7) is 4.30. The second-order valence-electron chi connectivity index (χ2n) is 11.2. The molecule has 0 aliphatic rings. The molecular weight excluding hydrogens is 446 g/mol. The number of rotatable bonds is 29. The van der Waals surface area contributed by atoms with Gasteiger partial charge in [0.05, 0.1) is 18.8 Å². The zero-order valence-electron chi connectivity index (χ0n) is 24.5. The highest BCUT2D eigenvalue weighted by atomic mass is 16.3. The van der Waals surface area contributed by atoms with E-state index in [0.29, 0.717) is 12.8 Å². The molecule has 0 saturated heterocycles. The van der Waals surface area contributed by atoms with Crippen molar-refractivity contribution < 1.29 is 15.0 Å². The molecule has 0 spiro atoms. The number of aliphatic hydroxyl groups excluding tert-OH is 2. The number of nitrogens with one attached hydrogen (secondary N) is 1. The van der Waals surface area contributed by atoms with Crippen LogP contribution in [0.2, 0.25) is 0 Å². The largest absolute Gasteiger partial charge is 0.394 e. The Kier molecular flexibility index (Phi) is 28.5. The lowest BCUT2D eigenvalue weighted by atomic mass is 10.0. The van der Waals surface area contributed by atoms with Crippen LogP contribution < -0.4 is 5.32 Å². The number of hydrogen-bond donors (Lipinski definition) is 3. The molecule has 4 nitrogen and oxygen atoms in total. The van der Waals surface area contributed by atoms with Crippen molar-refractivity contribution in [3.05, 3.63) is 0 Å². The number of amides is 1. The Balaban J connectivity index is 3.45. The average molecular weight is 512 g/mol. The summed E-state index contributed by atoms with van der Waals surface area (Å²) >= 11 is 0. The molecule has 4 heteroatoms. The van der Waals surface area contributed by atoms with Crippen LogP contribution in [0, 0.1) is 0 Å². The first kappa shape index (κ1) is 35.4. The maximum absolute atomic E-state index is 12.2. The highest BCUT2D eigenvalue weighted by Gasteiger charge is 2.19. The molecule has 36 heavy (non-hydrogen) atoms. The van der Waals surface area contributed by atoms with Crippen molar-refractivity contribution in [2.45, 2.75) is 193 Å². The van der Waals surface area contributed by atoms with Gasteiger partial charge in [-0.1, -0.05) is 162 Å². The van der Waals surface area contributed by atoms with E-state index in [1.165, 1.54) is 128 Å². The summed E-state index contributed by atoms with van der Waals surface area (Å²) in [4.78, 5) is 12.2. The number of unbranched alkanes of at least 4 members (excludes halogenated alkanes) is 22. The van der Waals surface area contributed by atoms with E-state index >= 15 is 0 Å². The minimum atomic E-state index is -0.648. The molecule has 0 fully saturated rings. The Hall–Kier alpha value is -0.610. The Morgan fingerprint density at radius 2 is 0.889 bits per heavy atom. The van der Waals surface area contributed by atoms with Crippen molar-refractivity contribution in [3.8, 4) is 0 Å². The van der Waals surface area contributed by atoms with Crippen LogP contribution in [0.4, 0.5) is 0 Å². The van der Waals surface area contributed by atoms with E-state index in [-0.39, 0.29) is 12.5 Å². The highest BCUT2D eigenvalue weighted by molar-refractivity contribution is 5.76. The molecule has 2 unspecified atom stereocenters. The van der Waals surface area contributed by atoms with Crippen molar-refractivity contribution in [3.63, 3.8) is 0 Å². The van der Waals surface area contributed by atoms with E-state index < -0.39 is 12.1 Å². The topological polar surface area (TPSA) is 69.6 Å². The molecule has 0 aromatic carbocycles. The van der Waals surface area contributed by atoms with Crippen LogP contribution in [-0.4, -0.2) is 34.9 Å². The van der Waals surface area contributed by atoms with Crippen LogP contribution in [0.5, 0.6) is 0 Å². The fourth-order valence-electron chi connectivity index (χ4n) is 5.06. The van der Waals surface area contributed by atoms with E-state index in [4.69, 9.17) is 0 Å². The smallest absolute Gasteiger partial charge is 0.220 e. The van der Waals surface area contributed by atoms with Crippen LogP contribution in [0.25, 0.3) is 0 Å². The van der Waals surface area contributed by atoms with Crippen LogP contribution in [-0.2, 0) is 4.79 Å². The third kappa shape index (κ3) is 25.1. The summed E-state index contributed by atoms with van der Waals surface area (Å²) in [5.74, 6) is -0.0347. The lowest BCUT2D eigenvalue weighted by Gasteiger charge is -2.22. The number of hydrogen-bond acceptors (Lipinski definition) is 3. The standard InChI is InChI=1S/C32H65NO3/c1-3-5-7-9-11-12-13-14-15-16-17-18-19-20-21-22-24-26-28-32(36)33-30(29-34)31(35)27-25-23-10-8-6-4-2/h30-31,34-35H,3-29H2,1-2H3,(H,33,36). The molecule has 0 heterocycles. The van der Waals surface area contributed by atoms with Gasteiger partial charge in [-0.05, 0) is 12.8 Å². The second-order valence-corrected chi connectivity index (χ2v) is 11.2. The second kappa shape index (κ2) is 29.0. The first-order valence-electron chi connectivity index (χ1n) is 16.2. The zero-order valence-corrected chi connectivity index (χ0v) is 24.5. The van der Waals surface area contributed by atoms with Gasteiger partial charge in [0.15, 0.2) is 0 Å². The fraction of sp³-hybridized carbons (Fsp3) is 0.969. The monoisotopic (exact) mass is 511 g/mol. The Bertz CT molecular complexity index is 443. The van der Waals surface area contributed by atoms with Crippen LogP contribution in [0.1, 0.15) is 181 Å². The number of carbonyl (C=O) groups is 1. The summed E-state index contributed by atoms with van der Waals surface area (Å²) in [5.41, 5.74) is 0. The Morgan fingerprint density at radius 1 is 0.556 bits per heavy atom. The van der Waals surface area contributed by atoms with Gasteiger partial charge in [-0.15, -0.1) is 0 Å². The third-order valence-electron chi connectivity index (χ3n) is 7.62. The van der Waals surface area contributed by atoms with Gasteiger partial charge in [-0.25, -0.2) is 0 Å². The lowest BCUT2D eigenvalue weighted by Crippen LogP contribution is -2.45. The Morgan fingerprint density at radius 3 is 1.25 bits per heavy atom. The van der Waals surface area contributed by atoms with Gasteiger partial charge < -0.3 is 15.5 Å². The van der Waals surface area contributed by atoms with Gasteiger partial charge in [0.1, 0.15) is 0 Å². The number of aliphatic hydroxyl groups is 2. The van der Waals surface area contributed by atoms with E-state index in [1.807, 2.05) is 0 Å². The van der Waals surface area contributed by atoms with Crippen molar-refractivity contribution in [1.82, 2.24) is 5.32 Å². The molecule has 0 aromatic rings. The summed E-state index contributed by atoms with van der Waals surface area (Å²) in [6.07, 6.45) is 31.7. The molecule has 0 aromatic heterocycles. The van der Waals surface area contributed by atoms with Crippen LogP contribution in [0.15, 0.2) is 0 Å². The van der Waals surface area contributed by atoms with Gasteiger partial charge in [-0.2, -0.15) is 0 Å². The number of carbonyl (C=O) groups excluding carboxylic acids is 1. The Labute approximate surface area is 225 Å². The summed E-state index contributed by atoms with van der Waals surface area (Å²) in [7, 11) is 0. The SMILES string of the molecule is CCCCCCCCCCCCCCCCCCCCC(=O)NC(CO)C(O)CCCCCCCC. The van der Waals surface area contributed by atoms with E-state index in [0.717, 1.165) is 25.7 Å². The summed E-state index contributed by atoms with van der Waals surface area (Å²) < 4.78 is 0. The summed E-state index contributed by atoms with van der Waals surface area (Å²) in [5, 5.41) is 22.7. The van der Waals surface area contributed by atoms with Gasteiger partial charge in [0.2, 0.25) is 5.91 Å². The molecule has 0 radical (unpaired) electrons. The maximum atomic E-state index is 12.2. The lowest BCUT2D eigenvalue weighted by molar-refractivity contribution is -0.123. The average Bonchev–Trinajstić information content (AvgIpc) is 2.88. The molecular formula is C32H65NO3. The molecule has 0 aliphatic carbocycles. The van der Waals surface area contributed by atoms with Crippen molar-refractivity contribution in [1.29, 1.82) is 0 Å². The maximum Gasteiger partial charge on any atom is 0.220 e. The first-order chi connectivity index (χ1) is 17.7. The predicted octanol–water partition coefficient (Wildman–Crippen LogP) is 9.01. The summed E-state index contributed by atoms with van der Waals surface area (Å²) in [6, 6.07) is -0.524. The van der Waals surface area contributed by atoms with Crippen molar-refractivity contribution >= 4 is 5.91 Å². The molecule has 216 valence electrons. The minimum Gasteiger partial charge on any atom is -0.394 e. The first-order valence-corrected chi connectivity index (χ1v) is 16.2. The highest BCUT2D eigenvalue weighted by Crippen LogP contribution is 2.15. The van der Waals surface area contributed by atoms with E-state index in [1.54, 1.807) is 0 Å². The molecule has 0 saturated carbocycles. The molecule has 0 rings (SSSR count).